The highest BCUT2D eigenvalue weighted by Crippen LogP contribution is 2.49. The molecule has 2 aliphatic rings. The summed E-state index contributed by atoms with van der Waals surface area (Å²) in [5.41, 5.74) is -2.57. The van der Waals surface area contributed by atoms with E-state index in [-0.39, 0.29) is 24.5 Å². The van der Waals surface area contributed by atoms with Gasteiger partial charge in [-0.2, -0.15) is 26.3 Å². The van der Waals surface area contributed by atoms with Crippen molar-refractivity contribution < 1.29 is 45.3 Å². The molecule has 1 saturated heterocycles. The Kier molecular flexibility index (Phi) is 7.63. The topological polar surface area (TPSA) is 44.8 Å². The van der Waals surface area contributed by atoms with E-state index in [9.17, 15) is 31.1 Å². The molecule has 1 heterocycles. The second-order valence-electron chi connectivity index (χ2n) is 9.81. The minimum absolute atomic E-state index is 0.0952. The van der Waals surface area contributed by atoms with Gasteiger partial charge in [0.05, 0.1) is 24.3 Å². The molecule has 1 spiro atoms. The van der Waals surface area contributed by atoms with Crippen molar-refractivity contribution >= 4 is 5.97 Å². The normalized spacial score (nSPS) is 20.1. The van der Waals surface area contributed by atoms with Crippen LogP contribution in [0.2, 0.25) is 0 Å². The summed E-state index contributed by atoms with van der Waals surface area (Å²) in [6, 6.07) is 10.9. The van der Waals surface area contributed by atoms with Crippen LogP contribution in [0.3, 0.4) is 0 Å². The molecule has 1 atom stereocenters. The van der Waals surface area contributed by atoms with E-state index in [0.717, 1.165) is 5.56 Å². The number of alkyl halides is 6. The van der Waals surface area contributed by atoms with E-state index in [1.165, 1.54) is 6.92 Å². The van der Waals surface area contributed by atoms with Crippen LogP contribution < -0.4 is 0 Å². The lowest BCUT2D eigenvalue weighted by molar-refractivity contribution is -0.187. The summed E-state index contributed by atoms with van der Waals surface area (Å²) in [5, 5.41) is 0. The van der Waals surface area contributed by atoms with Crippen LogP contribution in [-0.2, 0) is 43.2 Å². The first kappa shape index (κ1) is 27.4. The molecular weight excluding hydrogens is 502 g/mol. The number of halogens is 6. The second kappa shape index (κ2) is 10.3. The first-order valence-corrected chi connectivity index (χ1v) is 12.1. The van der Waals surface area contributed by atoms with Crippen molar-refractivity contribution in [3.05, 3.63) is 70.8 Å². The summed E-state index contributed by atoms with van der Waals surface area (Å²) in [6.45, 7) is 2.16. The Hall–Kier alpha value is -2.59. The molecule has 0 unspecified atom stereocenters. The Morgan fingerprint density at radius 3 is 1.92 bits per heavy atom. The van der Waals surface area contributed by atoms with Crippen LogP contribution >= 0.6 is 0 Å². The van der Waals surface area contributed by atoms with Gasteiger partial charge in [-0.05, 0) is 54.0 Å². The number of hydrogen-bond donors (Lipinski definition) is 0. The number of ether oxygens (including phenoxy) is 3. The van der Waals surface area contributed by atoms with Gasteiger partial charge in [-0.15, -0.1) is 0 Å². The molecular formula is C27H28F6O4. The molecule has 1 aliphatic heterocycles. The summed E-state index contributed by atoms with van der Waals surface area (Å²) in [7, 11) is 0. The fraction of sp³-hybridized carbons (Fsp3) is 0.519. The van der Waals surface area contributed by atoms with Gasteiger partial charge in [0.1, 0.15) is 6.10 Å². The fourth-order valence-electron chi connectivity index (χ4n) is 5.52. The summed E-state index contributed by atoms with van der Waals surface area (Å²) < 4.78 is 97.6. The van der Waals surface area contributed by atoms with Crippen molar-refractivity contribution in [1.29, 1.82) is 0 Å². The van der Waals surface area contributed by atoms with Gasteiger partial charge in [-0.25, -0.2) is 0 Å². The van der Waals surface area contributed by atoms with Crippen LogP contribution in [0.4, 0.5) is 26.3 Å². The summed E-state index contributed by atoms with van der Waals surface area (Å²) in [4.78, 5) is 12.0. The molecule has 37 heavy (non-hydrogen) atoms. The lowest BCUT2D eigenvalue weighted by atomic mass is 9.64. The number of rotatable bonds is 6. The van der Waals surface area contributed by atoms with Crippen LogP contribution in [-0.4, -0.2) is 31.1 Å². The van der Waals surface area contributed by atoms with E-state index in [0.29, 0.717) is 51.0 Å². The quantitative estimate of drug-likeness (QED) is 0.303. The Labute approximate surface area is 210 Å². The molecule has 0 amide bonds. The molecule has 4 nitrogen and oxygen atoms in total. The number of hydrogen-bond acceptors (Lipinski definition) is 4. The molecule has 1 saturated carbocycles. The SMILES string of the molecule is CC(=O)O[C@H](Cc1cc(C(F)(F)F)cc(C(F)(F)F)c1)CC1(c2ccccc2)CCC2(CC1)OCCO2. The lowest BCUT2D eigenvalue weighted by Gasteiger charge is -2.45. The zero-order valence-corrected chi connectivity index (χ0v) is 20.3. The molecule has 2 fully saturated rings. The van der Waals surface area contributed by atoms with Gasteiger partial charge in [-0.1, -0.05) is 30.3 Å². The maximum Gasteiger partial charge on any atom is 0.416 e. The number of esters is 1. The third kappa shape index (κ3) is 6.46. The van der Waals surface area contributed by atoms with Crippen molar-refractivity contribution in [2.45, 2.75) is 75.1 Å². The predicted octanol–water partition coefficient (Wildman–Crippen LogP) is 6.84. The van der Waals surface area contributed by atoms with Gasteiger partial charge in [0.2, 0.25) is 0 Å². The van der Waals surface area contributed by atoms with E-state index >= 15 is 0 Å². The van der Waals surface area contributed by atoms with Crippen LogP contribution in [0.25, 0.3) is 0 Å². The Balaban J connectivity index is 1.67. The van der Waals surface area contributed by atoms with Gasteiger partial charge >= 0.3 is 18.3 Å². The minimum atomic E-state index is -4.96. The molecule has 2 aromatic rings. The fourth-order valence-corrected chi connectivity index (χ4v) is 5.52. The Morgan fingerprint density at radius 2 is 1.43 bits per heavy atom. The number of benzene rings is 2. The molecule has 202 valence electrons. The smallest absolute Gasteiger partial charge is 0.416 e. The highest BCUT2D eigenvalue weighted by atomic mass is 19.4. The molecule has 1 aliphatic carbocycles. The van der Waals surface area contributed by atoms with Gasteiger partial charge in [0.15, 0.2) is 5.79 Å². The first-order chi connectivity index (χ1) is 17.3. The molecule has 10 heteroatoms. The lowest BCUT2D eigenvalue weighted by Crippen LogP contribution is -2.44. The van der Waals surface area contributed by atoms with E-state index < -0.39 is 46.8 Å². The highest BCUT2D eigenvalue weighted by Gasteiger charge is 2.48. The van der Waals surface area contributed by atoms with Crippen molar-refractivity contribution in [3.63, 3.8) is 0 Å². The Morgan fingerprint density at radius 1 is 0.892 bits per heavy atom. The third-order valence-corrected chi connectivity index (χ3v) is 7.23. The average molecular weight is 531 g/mol. The maximum atomic E-state index is 13.4. The Bertz CT molecular complexity index is 1050. The van der Waals surface area contributed by atoms with Crippen molar-refractivity contribution in [2.75, 3.05) is 13.2 Å². The van der Waals surface area contributed by atoms with E-state index in [4.69, 9.17) is 14.2 Å². The van der Waals surface area contributed by atoms with Gasteiger partial charge in [0, 0.05) is 26.2 Å². The van der Waals surface area contributed by atoms with E-state index in [1.54, 1.807) is 0 Å². The molecule has 0 bridgehead atoms. The monoisotopic (exact) mass is 530 g/mol. The summed E-state index contributed by atoms with van der Waals surface area (Å²) in [6.07, 6.45) is -8.62. The van der Waals surface area contributed by atoms with Gasteiger partial charge in [0.25, 0.3) is 0 Å². The molecule has 4 rings (SSSR count). The summed E-state index contributed by atoms with van der Waals surface area (Å²) >= 11 is 0. The van der Waals surface area contributed by atoms with E-state index in [2.05, 4.69) is 0 Å². The van der Waals surface area contributed by atoms with Crippen LogP contribution in [0.5, 0.6) is 0 Å². The van der Waals surface area contributed by atoms with Gasteiger partial charge in [-0.3, -0.25) is 4.79 Å². The molecule has 0 aromatic heterocycles. The summed E-state index contributed by atoms with van der Waals surface area (Å²) in [5.74, 6) is -1.34. The minimum Gasteiger partial charge on any atom is -0.462 e. The van der Waals surface area contributed by atoms with Crippen LogP contribution in [0, 0.1) is 0 Å². The standard InChI is InChI=1S/C27H28F6O4/c1-18(34)37-23(15-19-13-21(26(28,29)30)16-22(14-19)27(31,32)33)17-24(20-5-3-2-4-6-20)7-9-25(10-8-24)35-11-12-36-25/h2-6,13-14,16,23H,7-12,15,17H2,1H3/t23-/m1/s1. The van der Waals surface area contributed by atoms with E-state index in [1.807, 2.05) is 30.3 Å². The van der Waals surface area contributed by atoms with Crippen molar-refractivity contribution in [3.8, 4) is 0 Å². The third-order valence-electron chi connectivity index (χ3n) is 7.23. The maximum absolute atomic E-state index is 13.4. The zero-order chi connectivity index (χ0) is 26.9. The average Bonchev–Trinajstić information content (AvgIpc) is 3.28. The number of carbonyl (C=O) groups is 1. The molecule has 0 N–H and O–H groups in total. The highest BCUT2D eigenvalue weighted by molar-refractivity contribution is 5.66. The van der Waals surface area contributed by atoms with Gasteiger partial charge < -0.3 is 14.2 Å². The number of carbonyl (C=O) groups excluding carboxylic acids is 1. The first-order valence-electron chi connectivity index (χ1n) is 12.1. The molecule has 0 radical (unpaired) electrons. The molecule has 2 aromatic carbocycles. The second-order valence-corrected chi connectivity index (χ2v) is 9.81. The van der Waals surface area contributed by atoms with Crippen LogP contribution in [0.15, 0.2) is 48.5 Å². The van der Waals surface area contributed by atoms with Crippen molar-refractivity contribution in [2.24, 2.45) is 0 Å². The van der Waals surface area contributed by atoms with Crippen molar-refractivity contribution in [1.82, 2.24) is 0 Å². The predicted molar refractivity (Wildman–Crippen MR) is 122 cm³/mol. The largest absolute Gasteiger partial charge is 0.462 e. The van der Waals surface area contributed by atoms with Crippen LogP contribution in [0.1, 0.15) is 61.3 Å². The zero-order valence-electron chi connectivity index (χ0n) is 20.3.